The summed E-state index contributed by atoms with van der Waals surface area (Å²) >= 11 is 0. The first-order valence-corrected chi connectivity index (χ1v) is 11.5. The Balaban J connectivity index is 1.46. The number of aromatic nitrogens is 3. The highest BCUT2D eigenvalue weighted by molar-refractivity contribution is 5.96. The molecule has 4 heterocycles. The largest absolute Gasteiger partial charge is 0.367 e. The summed E-state index contributed by atoms with van der Waals surface area (Å²) in [5.74, 6) is 1.46. The van der Waals surface area contributed by atoms with Crippen LogP contribution in [0.3, 0.4) is 0 Å². The van der Waals surface area contributed by atoms with Crippen molar-refractivity contribution in [3.05, 3.63) is 28.8 Å². The summed E-state index contributed by atoms with van der Waals surface area (Å²) < 4.78 is 34.6. The zero-order chi connectivity index (χ0) is 23.2. The Morgan fingerprint density at radius 2 is 2.00 bits per heavy atom. The van der Waals surface area contributed by atoms with Crippen LogP contribution in [0.1, 0.15) is 80.5 Å². The Labute approximate surface area is 187 Å². The normalized spacial score (nSPS) is 22.2. The second kappa shape index (κ2) is 8.48. The van der Waals surface area contributed by atoms with E-state index in [4.69, 9.17) is 4.52 Å². The van der Waals surface area contributed by atoms with Crippen LogP contribution in [0.4, 0.5) is 14.6 Å². The van der Waals surface area contributed by atoms with Gasteiger partial charge in [-0.25, -0.2) is 13.5 Å². The molecule has 1 fully saturated rings. The number of aryl methyl sites for hydroxylation is 2. The van der Waals surface area contributed by atoms with Crippen molar-refractivity contribution in [2.75, 3.05) is 18.4 Å². The van der Waals surface area contributed by atoms with E-state index in [1.165, 1.54) is 4.68 Å². The second-order valence-corrected chi connectivity index (χ2v) is 10.0. The molecule has 2 aliphatic rings. The van der Waals surface area contributed by atoms with E-state index < -0.39 is 12.5 Å². The molecule has 9 heteroatoms. The summed E-state index contributed by atoms with van der Waals surface area (Å²) in [4.78, 5) is 14.9. The first-order chi connectivity index (χ1) is 15.1. The molecule has 0 radical (unpaired) electrons. The van der Waals surface area contributed by atoms with E-state index in [1.807, 2.05) is 38.7 Å². The lowest BCUT2D eigenvalue weighted by molar-refractivity contribution is 0.0536. The number of halogens is 2. The number of carbonyl (C=O) groups is 1. The Morgan fingerprint density at radius 3 is 2.59 bits per heavy atom. The molecule has 2 aromatic heterocycles. The molecular weight excluding hydrogens is 416 g/mol. The predicted octanol–water partition coefficient (Wildman–Crippen LogP) is 4.58. The number of nitrogens with zero attached hydrogens (tertiary/aromatic N) is 4. The van der Waals surface area contributed by atoms with Gasteiger partial charge in [-0.2, -0.15) is 5.10 Å². The fourth-order valence-electron chi connectivity index (χ4n) is 4.85. The van der Waals surface area contributed by atoms with Gasteiger partial charge in [-0.05, 0) is 32.1 Å². The van der Waals surface area contributed by atoms with Gasteiger partial charge in [0.05, 0.1) is 11.4 Å². The average molecular weight is 450 g/mol. The van der Waals surface area contributed by atoms with Crippen molar-refractivity contribution in [3.63, 3.8) is 0 Å². The van der Waals surface area contributed by atoms with Gasteiger partial charge in [-0.15, -0.1) is 0 Å². The number of hydrogen-bond acceptors (Lipinski definition) is 5. The van der Waals surface area contributed by atoms with Crippen LogP contribution in [0.2, 0.25) is 0 Å². The minimum atomic E-state index is -2.48. The smallest absolute Gasteiger partial charge is 0.260 e. The maximum absolute atomic E-state index is 13.9. The molecule has 7 nitrogen and oxygen atoms in total. The lowest BCUT2D eigenvalue weighted by atomic mass is 9.84. The van der Waals surface area contributed by atoms with Crippen molar-refractivity contribution in [1.82, 2.24) is 19.8 Å². The molecule has 0 saturated carbocycles. The van der Waals surface area contributed by atoms with E-state index in [9.17, 15) is 13.6 Å². The van der Waals surface area contributed by atoms with Crippen molar-refractivity contribution in [2.45, 2.75) is 84.2 Å². The van der Waals surface area contributed by atoms with Crippen molar-refractivity contribution >= 4 is 11.7 Å². The number of rotatable bonds is 4. The highest BCUT2D eigenvalue weighted by Gasteiger charge is 2.39. The molecule has 0 bridgehead atoms. The molecule has 2 aliphatic heterocycles. The number of amides is 1. The van der Waals surface area contributed by atoms with Gasteiger partial charge in [0, 0.05) is 37.0 Å². The van der Waals surface area contributed by atoms with Crippen LogP contribution in [0.15, 0.2) is 10.6 Å². The van der Waals surface area contributed by atoms with Gasteiger partial charge in [-0.1, -0.05) is 32.9 Å². The zero-order valence-electron chi connectivity index (χ0n) is 19.5. The lowest BCUT2D eigenvalue weighted by Crippen LogP contribution is -2.46. The molecule has 1 amide bonds. The lowest BCUT2D eigenvalue weighted by Gasteiger charge is -2.40. The average Bonchev–Trinajstić information content (AvgIpc) is 3.35. The first-order valence-electron chi connectivity index (χ1n) is 11.5. The van der Waals surface area contributed by atoms with E-state index in [0.717, 1.165) is 18.5 Å². The van der Waals surface area contributed by atoms with Gasteiger partial charge < -0.3 is 14.7 Å². The van der Waals surface area contributed by atoms with Gasteiger partial charge >= 0.3 is 0 Å². The van der Waals surface area contributed by atoms with Crippen LogP contribution in [-0.2, 0) is 11.8 Å². The van der Waals surface area contributed by atoms with Crippen molar-refractivity contribution in [1.29, 1.82) is 0 Å². The van der Waals surface area contributed by atoms with Gasteiger partial charge in [0.15, 0.2) is 0 Å². The van der Waals surface area contributed by atoms with Gasteiger partial charge in [0.1, 0.15) is 23.2 Å². The fraction of sp³-hybridized carbons (Fsp3) is 0.696. The van der Waals surface area contributed by atoms with Crippen LogP contribution in [0, 0.1) is 12.8 Å². The predicted molar refractivity (Wildman–Crippen MR) is 117 cm³/mol. The number of anilines is 1. The minimum Gasteiger partial charge on any atom is -0.367 e. The topological polar surface area (TPSA) is 76.2 Å². The molecule has 4 rings (SSSR count). The van der Waals surface area contributed by atoms with E-state index in [2.05, 4.69) is 15.6 Å². The van der Waals surface area contributed by atoms with Crippen molar-refractivity contribution < 1.29 is 18.1 Å². The monoisotopic (exact) mass is 449 g/mol. The summed E-state index contributed by atoms with van der Waals surface area (Å²) in [5.41, 5.74) is 1.78. The van der Waals surface area contributed by atoms with Gasteiger partial charge in [-0.3, -0.25) is 4.79 Å². The maximum Gasteiger partial charge on any atom is 0.260 e. The van der Waals surface area contributed by atoms with Crippen molar-refractivity contribution in [3.8, 4) is 0 Å². The van der Waals surface area contributed by atoms with Crippen LogP contribution in [0.25, 0.3) is 0 Å². The highest BCUT2D eigenvalue weighted by Crippen LogP contribution is 2.38. The quantitative estimate of drug-likeness (QED) is 0.739. The summed E-state index contributed by atoms with van der Waals surface area (Å²) in [7, 11) is 0. The van der Waals surface area contributed by atoms with Crippen LogP contribution in [-0.4, -0.2) is 51.3 Å². The van der Waals surface area contributed by atoms with Gasteiger partial charge in [0.2, 0.25) is 0 Å². The second-order valence-electron chi connectivity index (χ2n) is 10.0. The van der Waals surface area contributed by atoms with Crippen molar-refractivity contribution in [2.24, 2.45) is 5.92 Å². The SMILES string of the molecule is CCc1onc(C)c1C(=O)N1CCC([C@@H]2C[C@H](C(F)F)n3nc(C(C)(C)C)cc3N2)CC1. The summed E-state index contributed by atoms with van der Waals surface area (Å²) in [5, 5.41) is 11.9. The molecule has 176 valence electrons. The molecule has 0 aromatic carbocycles. The molecule has 2 atom stereocenters. The summed E-state index contributed by atoms with van der Waals surface area (Å²) in [6, 6.07) is 0.909. The third kappa shape index (κ3) is 4.13. The third-order valence-corrected chi connectivity index (χ3v) is 6.80. The first kappa shape index (κ1) is 22.7. The number of nitrogens with one attached hydrogen (secondary N) is 1. The van der Waals surface area contributed by atoms with E-state index in [0.29, 0.717) is 48.8 Å². The summed E-state index contributed by atoms with van der Waals surface area (Å²) in [6.07, 6.45) is 0.0106. The molecular formula is C23H33F2N5O2. The van der Waals surface area contributed by atoms with E-state index in [1.54, 1.807) is 6.92 Å². The molecule has 1 saturated heterocycles. The molecule has 0 unspecified atom stereocenters. The number of piperidine rings is 1. The Morgan fingerprint density at radius 1 is 1.31 bits per heavy atom. The highest BCUT2D eigenvalue weighted by atomic mass is 19.3. The Hall–Kier alpha value is -2.45. The third-order valence-electron chi connectivity index (χ3n) is 6.80. The maximum atomic E-state index is 13.9. The van der Waals surface area contributed by atoms with Gasteiger partial charge in [0.25, 0.3) is 12.3 Å². The van der Waals surface area contributed by atoms with E-state index in [-0.39, 0.29) is 23.3 Å². The number of fused-ring (bicyclic) bond motifs is 1. The fourth-order valence-corrected chi connectivity index (χ4v) is 4.85. The zero-order valence-corrected chi connectivity index (χ0v) is 19.5. The molecule has 1 N–H and O–H groups in total. The molecule has 2 aromatic rings. The summed E-state index contributed by atoms with van der Waals surface area (Å²) in [6.45, 7) is 11.0. The Bertz CT molecular complexity index is 970. The van der Waals surface area contributed by atoms with Crippen LogP contribution in [0.5, 0.6) is 0 Å². The number of alkyl halides is 2. The van der Waals surface area contributed by atoms with E-state index >= 15 is 0 Å². The molecule has 32 heavy (non-hydrogen) atoms. The molecule has 0 aliphatic carbocycles. The number of likely N-dealkylation sites (tertiary alicyclic amines) is 1. The minimum absolute atomic E-state index is 0.0472. The standard InChI is InChI=1S/C23H33F2N5O2/c1-6-17-20(13(2)28-32-17)22(31)29-9-7-14(8-10-29)15-11-16(21(24)25)30-19(26-15)12-18(27-30)23(3,4)5/h12,14-16,21,26H,6-11H2,1-5H3/t15-,16+/m0/s1. The Kier molecular flexibility index (Phi) is 6.02. The number of carbonyl (C=O) groups excluding carboxylic acids is 1. The molecule has 0 spiro atoms. The number of hydrogen-bond donors (Lipinski definition) is 1. The van der Waals surface area contributed by atoms with Crippen LogP contribution < -0.4 is 5.32 Å². The van der Waals surface area contributed by atoms with Crippen LogP contribution >= 0.6 is 0 Å².